The fraction of sp³-hybridized carbons (Fsp3) is 0.515. The minimum Gasteiger partial charge on any atom is -0.496 e. The van der Waals surface area contributed by atoms with Gasteiger partial charge in [0.2, 0.25) is 5.89 Å². The number of carbonyl (C=O) groups is 1. The van der Waals surface area contributed by atoms with E-state index in [1.54, 1.807) is 14.0 Å². The summed E-state index contributed by atoms with van der Waals surface area (Å²) in [7, 11) is 1.60. The topological polar surface area (TPSA) is 126 Å². The second-order valence-corrected chi connectivity index (χ2v) is 14.5. The van der Waals surface area contributed by atoms with Crippen LogP contribution in [0, 0.1) is 24.2 Å². The van der Waals surface area contributed by atoms with Gasteiger partial charge in [-0.15, -0.1) is 11.3 Å². The van der Waals surface area contributed by atoms with Gasteiger partial charge in [-0.05, 0) is 75.3 Å². The van der Waals surface area contributed by atoms with Gasteiger partial charge in [0, 0.05) is 5.56 Å². The number of thiophene rings is 1. The molecule has 44 heavy (non-hydrogen) atoms. The van der Waals surface area contributed by atoms with Gasteiger partial charge < -0.3 is 19.0 Å². The summed E-state index contributed by atoms with van der Waals surface area (Å²) in [4.78, 5) is 45.9. The van der Waals surface area contributed by atoms with Crippen LogP contribution in [0.1, 0.15) is 70.6 Å². The lowest BCUT2D eigenvalue weighted by Crippen LogP contribution is -2.52. The number of ether oxygens (including phenoxy) is 2. The maximum absolute atomic E-state index is 14.3. The second kappa shape index (κ2) is 11.0. The van der Waals surface area contributed by atoms with Crippen LogP contribution in [0.4, 0.5) is 0 Å². The highest BCUT2D eigenvalue weighted by Crippen LogP contribution is 2.54. The molecular formula is C33H39N3O7S. The molecule has 0 radical (unpaired) electrons. The number of aromatic nitrogens is 3. The Labute approximate surface area is 259 Å². The van der Waals surface area contributed by atoms with E-state index in [1.807, 2.05) is 24.3 Å². The van der Waals surface area contributed by atoms with Crippen LogP contribution in [0.25, 0.3) is 21.0 Å². The molecule has 10 nitrogen and oxygen atoms in total. The van der Waals surface area contributed by atoms with Crippen molar-refractivity contribution in [1.82, 2.24) is 14.1 Å². The number of fused-ring (bicyclic) bond motifs is 2. The minimum atomic E-state index is -1.81. The van der Waals surface area contributed by atoms with Crippen LogP contribution in [0.2, 0.25) is 0 Å². The third-order valence-electron chi connectivity index (χ3n) is 9.54. The number of methoxy groups -OCH3 is 1. The molecule has 2 unspecified atom stereocenters. The predicted octanol–water partition coefficient (Wildman–Crippen LogP) is 5.99. The van der Waals surface area contributed by atoms with Crippen molar-refractivity contribution in [3.63, 3.8) is 0 Å². The number of carboxylic acids is 1. The van der Waals surface area contributed by atoms with Crippen molar-refractivity contribution in [3.05, 3.63) is 68.7 Å². The summed E-state index contributed by atoms with van der Waals surface area (Å²) in [5.41, 5.74) is -1.50. The Balaban J connectivity index is 1.51. The predicted molar refractivity (Wildman–Crippen MR) is 167 cm³/mol. The number of aliphatic carboxylic acids is 1. The first kappa shape index (κ1) is 30.3. The van der Waals surface area contributed by atoms with E-state index >= 15 is 0 Å². The van der Waals surface area contributed by atoms with Crippen LogP contribution < -0.4 is 16.0 Å². The summed E-state index contributed by atoms with van der Waals surface area (Å²) >= 11 is 1.23. The number of hydrogen-bond donors (Lipinski definition) is 1. The van der Waals surface area contributed by atoms with Crippen molar-refractivity contribution >= 4 is 27.5 Å². The molecule has 0 bridgehead atoms. The van der Waals surface area contributed by atoms with Crippen molar-refractivity contribution in [1.29, 1.82) is 0 Å². The highest BCUT2D eigenvalue weighted by atomic mass is 32.1. The molecule has 2 aliphatic carbocycles. The Bertz CT molecular complexity index is 1820. The number of para-hydroxylation sites is 1. The number of carboxylic acid groups (broad SMARTS) is 1. The Morgan fingerprint density at radius 1 is 1.20 bits per heavy atom. The van der Waals surface area contributed by atoms with E-state index in [9.17, 15) is 19.5 Å². The van der Waals surface area contributed by atoms with Crippen molar-refractivity contribution in [2.24, 2.45) is 17.3 Å². The van der Waals surface area contributed by atoms with E-state index in [2.05, 4.69) is 18.8 Å². The van der Waals surface area contributed by atoms with Crippen LogP contribution in [0.15, 0.2) is 50.7 Å². The van der Waals surface area contributed by atoms with Crippen molar-refractivity contribution in [2.75, 3.05) is 7.11 Å². The number of aryl methyl sites for hydroxylation is 1. The zero-order valence-corrected chi connectivity index (χ0v) is 26.8. The second-order valence-electron chi connectivity index (χ2n) is 13.5. The van der Waals surface area contributed by atoms with E-state index in [0.717, 1.165) is 23.0 Å². The molecule has 4 aromatic rings. The van der Waals surface area contributed by atoms with Crippen molar-refractivity contribution in [2.45, 2.75) is 84.6 Å². The Morgan fingerprint density at radius 2 is 1.89 bits per heavy atom. The lowest BCUT2D eigenvalue weighted by molar-refractivity contribution is -0.146. The molecule has 0 amide bonds. The van der Waals surface area contributed by atoms with Gasteiger partial charge in [-0.2, -0.15) is 0 Å². The summed E-state index contributed by atoms with van der Waals surface area (Å²) in [5, 5.41) is 10.4. The average Bonchev–Trinajstić information content (AvgIpc) is 3.73. The maximum atomic E-state index is 14.3. The van der Waals surface area contributed by atoms with Crippen LogP contribution in [-0.4, -0.2) is 38.4 Å². The van der Waals surface area contributed by atoms with Crippen LogP contribution >= 0.6 is 11.3 Å². The van der Waals surface area contributed by atoms with Crippen molar-refractivity contribution in [3.8, 4) is 16.5 Å². The molecule has 2 fully saturated rings. The molecule has 1 N–H and O–H groups in total. The van der Waals surface area contributed by atoms with E-state index in [0.29, 0.717) is 44.2 Å². The lowest BCUT2D eigenvalue weighted by Gasteiger charge is -2.28. The van der Waals surface area contributed by atoms with Crippen LogP contribution in [0.3, 0.4) is 0 Å². The van der Waals surface area contributed by atoms with E-state index in [1.165, 1.54) is 55.1 Å². The SMILES string of the molecule is COc1ccccc1C(Cn1c(=O)n(C(C)(C)C(=O)O)c(=O)c2c(C)c(-c3ncco3)sc21)OC1C[C@@H]2CC(C)(C)C[C@@H]2C1. The molecule has 234 valence electrons. The third kappa shape index (κ3) is 5.09. The van der Waals surface area contributed by atoms with Gasteiger partial charge in [0.05, 0.1) is 36.2 Å². The highest BCUT2D eigenvalue weighted by Gasteiger charge is 2.46. The molecule has 3 heterocycles. The number of nitrogens with zero attached hydrogens (tertiary/aromatic N) is 3. The molecule has 6 rings (SSSR count). The smallest absolute Gasteiger partial charge is 0.333 e. The van der Waals surface area contributed by atoms with Crippen LogP contribution in [0.5, 0.6) is 5.75 Å². The third-order valence-corrected chi connectivity index (χ3v) is 10.8. The highest BCUT2D eigenvalue weighted by molar-refractivity contribution is 7.22. The maximum Gasteiger partial charge on any atom is 0.333 e. The van der Waals surface area contributed by atoms with Crippen molar-refractivity contribution < 1.29 is 23.8 Å². The molecule has 0 spiro atoms. The first-order valence-corrected chi connectivity index (χ1v) is 15.8. The molecule has 4 atom stereocenters. The molecule has 3 aromatic heterocycles. The van der Waals surface area contributed by atoms with Gasteiger partial charge in [0.25, 0.3) is 5.56 Å². The quantitative estimate of drug-likeness (QED) is 0.242. The fourth-order valence-corrected chi connectivity index (χ4v) is 8.69. The lowest BCUT2D eigenvalue weighted by atomic mass is 9.88. The summed E-state index contributed by atoms with van der Waals surface area (Å²) < 4.78 is 20.5. The first-order chi connectivity index (χ1) is 20.8. The molecule has 1 aromatic carbocycles. The Kier molecular flexibility index (Phi) is 7.60. The van der Waals surface area contributed by atoms with Gasteiger partial charge >= 0.3 is 11.7 Å². The van der Waals surface area contributed by atoms with E-state index in [-0.39, 0.29) is 18.0 Å². The largest absolute Gasteiger partial charge is 0.496 e. The average molecular weight is 622 g/mol. The first-order valence-electron chi connectivity index (χ1n) is 15.0. The molecule has 0 saturated heterocycles. The Morgan fingerprint density at radius 3 is 2.50 bits per heavy atom. The zero-order chi connectivity index (χ0) is 31.6. The normalized spacial score (nSPS) is 21.9. The summed E-state index contributed by atoms with van der Waals surface area (Å²) in [6.45, 7) is 9.20. The number of oxazole rings is 1. The summed E-state index contributed by atoms with van der Waals surface area (Å²) in [6.07, 6.45) is 6.59. The van der Waals surface area contributed by atoms with Crippen LogP contribution in [-0.2, 0) is 21.6 Å². The van der Waals surface area contributed by atoms with E-state index < -0.39 is 28.9 Å². The van der Waals surface area contributed by atoms with Gasteiger partial charge in [-0.3, -0.25) is 9.36 Å². The van der Waals surface area contributed by atoms with Gasteiger partial charge in [0.1, 0.15) is 28.5 Å². The number of benzene rings is 1. The van der Waals surface area contributed by atoms with Gasteiger partial charge in [-0.1, -0.05) is 32.0 Å². The fourth-order valence-electron chi connectivity index (χ4n) is 7.45. The molecular weight excluding hydrogens is 582 g/mol. The minimum absolute atomic E-state index is 0.00322. The molecule has 0 aliphatic heterocycles. The van der Waals surface area contributed by atoms with E-state index in [4.69, 9.17) is 13.9 Å². The molecule has 2 aliphatic rings. The summed E-state index contributed by atoms with van der Waals surface area (Å²) in [6, 6.07) is 7.58. The van der Waals surface area contributed by atoms with Gasteiger partial charge in [-0.25, -0.2) is 19.1 Å². The summed E-state index contributed by atoms with van der Waals surface area (Å²) in [5.74, 6) is 0.863. The monoisotopic (exact) mass is 621 g/mol. The Hall–Kier alpha value is -3.70. The standard InChI is InChI=1S/C33H39N3O7S/c1-18-25-28(37)36(33(4,5)30(38)39)31(40)35(29(25)44-26(18)27-34-11-12-42-27)17-24(22-9-7-8-10-23(22)41-6)43-21-13-19-15-32(2,3)16-20(19)14-21/h7-12,19-21,24H,13-17H2,1-6H3,(H,38,39)/t19-,20+,21?,24?. The van der Waals surface area contributed by atoms with Gasteiger partial charge in [0.15, 0.2) is 0 Å². The number of hydrogen-bond acceptors (Lipinski definition) is 8. The molecule has 2 saturated carbocycles. The molecule has 11 heteroatoms. The zero-order valence-electron chi connectivity index (χ0n) is 26.0. The number of rotatable bonds is 9.